The molecule has 2 atom stereocenters. The summed E-state index contributed by atoms with van der Waals surface area (Å²) < 4.78 is 1.97. The average Bonchev–Trinajstić information content (AvgIpc) is 3.04. The van der Waals surface area contributed by atoms with E-state index in [4.69, 9.17) is 5.10 Å². The maximum Gasteiger partial charge on any atom is 0.417 e. The van der Waals surface area contributed by atoms with Gasteiger partial charge in [-0.15, -0.1) is 10.1 Å². The number of hydrazone groups is 1. The van der Waals surface area contributed by atoms with Gasteiger partial charge in [0, 0.05) is 14.1 Å². The molecular weight excluding hydrogens is 344 g/mol. The van der Waals surface area contributed by atoms with Crippen molar-refractivity contribution < 1.29 is 14.2 Å². The van der Waals surface area contributed by atoms with E-state index < -0.39 is 6.04 Å². The maximum atomic E-state index is 12.9. The highest BCUT2D eigenvalue weighted by Gasteiger charge is 2.55. The number of aliphatic imine (C=N–C) groups is 1. The third-order valence-electron chi connectivity index (χ3n) is 5.40. The molecule has 0 N–H and O–H groups in total. The Morgan fingerprint density at radius 1 is 1.15 bits per heavy atom. The normalized spacial score (nSPS) is 24.9. The summed E-state index contributed by atoms with van der Waals surface area (Å²) in [5.41, 5.74) is 3.18. The molecule has 27 heavy (non-hydrogen) atoms. The molecule has 8 nitrogen and oxygen atoms in total. The Kier molecular flexibility index (Phi) is 3.87. The predicted molar refractivity (Wildman–Crippen MR) is 102 cm³/mol. The second kappa shape index (κ2) is 6.00. The second-order valence-electron chi connectivity index (χ2n) is 7.28. The Balaban J connectivity index is 1.77. The predicted octanol–water partition coefficient (Wildman–Crippen LogP) is 1.25. The third-order valence-corrected chi connectivity index (χ3v) is 5.40. The van der Waals surface area contributed by atoms with Crippen LogP contribution in [0.5, 0.6) is 0 Å². The van der Waals surface area contributed by atoms with Gasteiger partial charge in [0.1, 0.15) is 12.6 Å². The van der Waals surface area contributed by atoms with E-state index in [9.17, 15) is 9.59 Å². The largest absolute Gasteiger partial charge is 0.417 e. The zero-order valence-electron chi connectivity index (χ0n) is 16.2. The van der Waals surface area contributed by atoms with Crippen LogP contribution in [0.15, 0.2) is 34.4 Å². The van der Waals surface area contributed by atoms with Crippen LogP contribution < -0.4 is 0 Å². The zero-order chi connectivity index (χ0) is 19.5. The third kappa shape index (κ3) is 2.55. The van der Waals surface area contributed by atoms with Gasteiger partial charge in [0.25, 0.3) is 5.91 Å². The minimum atomic E-state index is -0.604. The number of rotatable bonds is 2. The van der Waals surface area contributed by atoms with Crippen molar-refractivity contribution in [1.29, 1.82) is 0 Å². The summed E-state index contributed by atoms with van der Waals surface area (Å²) in [6, 6.07) is 7.16. The van der Waals surface area contributed by atoms with Crippen molar-refractivity contribution in [2.24, 2.45) is 10.1 Å². The summed E-state index contributed by atoms with van der Waals surface area (Å²) in [4.78, 5) is 32.5. The highest BCUT2D eigenvalue weighted by atomic mass is 16.2. The smallest absolute Gasteiger partial charge is 0.270 e. The van der Waals surface area contributed by atoms with Gasteiger partial charge in [-0.25, -0.2) is 9.37 Å². The molecule has 3 heterocycles. The molecule has 0 bridgehead atoms. The minimum Gasteiger partial charge on any atom is -0.270 e. The van der Waals surface area contributed by atoms with E-state index in [1.54, 1.807) is 7.05 Å². The lowest BCUT2D eigenvalue weighted by Gasteiger charge is -2.33. The Hall–Kier alpha value is -3.03. The molecule has 8 heteroatoms. The molecule has 4 rings (SSSR count). The minimum absolute atomic E-state index is 0.0843. The number of nitrogens with zero attached hydrogens (tertiary/aromatic N) is 6. The van der Waals surface area contributed by atoms with Gasteiger partial charge < -0.3 is 0 Å². The zero-order valence-corrected chi connectivity index (χ0v) is 16.2. The van der Waals surface area contributed by atoms with E-state index in [-0.39, 0.29) is 18.0 Å². The fourth-order valence-corrected chi connectivity index (χ4v) is 3.75. The number of amides is 3. The molecular formula is C19H23N6O2+. The first-order valence-electron chi connectivity index (χ1n) is 8.97. The van der Waals surface area contributed by atoms with Crippen LogP contribution in [0.2, 0.25) is 0 Å². The van der Waals surface area contributed by atoms with Gasteiger partial charge in [0.2, 0.25) is 11.9 Å². The van der Waals surface area contributed by atoms with Gasteiger partial charge in [0.15, 0.2) is 0 Å². The van der Waals surface area contributed by atoms with Gasteiger partial charge in [-0.05, 0) is 26.3 Å². The number of urea groups is 1. The number of amidine groups is 1. The Morgan fingerprint density at radius 2 is 1.89 bits per heavy atom. The quantitative estimate of drug-likeness (QED) is 0.739. The van der Waals surface area contributed by atoms with E-state index in [0.717, 1.165) is 16.2 Å². The van der Waals surface area contributed by atoms with E-state index in [1.807, 2.05) is 35.6 Å². The van der Waals surface area contributed by atoms with Crippen molar-refractivity contribution in [2.45, 2.75) is 39.4 Å². The van der Waals surface area contributed by atoms with Crippen molar-refractivity contribution in [3.8, 4) is 0 Å². The lowest BCUT2D eigenvalue weighted by molar-refractivity contribution is -0.559. The molecule has 3 aliphatic rings. The standard InChI is InChI=1S/C19H23N6O2/c1-11-7-6-8-14(9-11)10-24-18-20-16-15(25(18)13(3)12(2)21-24)17(26)23(5)19(27)22(16)4/h6-9,13,15H,10H2,1-5H3/q+1. The van der Waals surface area contributed by atoms with Crippen LogP contribution in [-0.4, -0.2) is 75.0 Å². The monoisotopic (exact) mass is 367 g/mol. The van der Waals surface area contributed by atoms with E-state index in [1.165, 1.54) is 17.5 Å². The van der Waals surface area contributed by atoms with Gasteiger partial charge in [-0.3, -0.25) is 14.6 Å². The lowest BCUT2D eigenvalue weighted by Crippen LogP contribution is -2.63. The Morgan fingerprint density at radius 3 is 2.59 bits per heavy atom. The molecule has 0 saturated carbocycles. The van der Waals surface area contributed by atoms with Crippen molar-refractivity contribution >= 4 is 29.4 Å². The van der Waals surface area contributed by atoms with Crippen LogP contribution in [-0.2, 0) is 11.3 Å². The molecule has 0 aromatic heterocycles. The molecule has 2 unspecified atom stereocenters. The number of carbonyl (C=O) groups is 2. The fraction of sp³-hybridized carbons (Fsp3) is 0.421. The van der Waals surface area contributed by atoms with E-state index in [0.29, 0.717) is 18.3 Å². The number of aryl methyl sites for hydroxylation is 1. The Labute approximate surface area is 158 Å². The summed E-state index contributed by atoms with van der Waals surface area (Å²) in [5, 5.41) is 6.53. The number of fused-ring (bicyclic) bond motifs is 2. The SMILES string of the molecule is CC1=NN(Cc2cccc(C)c2)C2=[N+](C1C)C1C(=O)N(C)C(=O)N(C)C1=N2. The molecule has 3 aliphatic heterocycles. The van der Waals surface area contributed by atoms with Crippen LogP contribution in [0.25, 0.3) is 0 Å². The fourth-order valence-electron chi connectivity index (χ4n) is 3.75. The number of guanidine groups is 1. The molecule has 0 radical (unpaired) electrons. The van der Waals surface area contributed by atoms with Crippen LogP contribution in [0.3, 0.4) is 0 Å². The topological polar surface area (TPSA) is 71.6 Å². The number of hydrogen-bond acceptors (Lipinski definition) is 5. The van der Waals surface area contributed by atoms with E-state index >= 15 is 0 Å². The Bertz CT molecular complexity index is 947. The summed E-state index contributed by atoms with van der Waals surface area (Å²) in [6.45, 7) is 6.55. The van der Waals surface area contributed by atoms with Gasteiger partial charge in [0.05, 0.1) is 5.71 Å². The summed E-state index contributed by atoms with van der Waals surface area (Å²) in [7, 11) is 3.16. The second-order valence-corrected chi connectivity index (χ2v) is 7.28. The number of carbonyl (C=O) groups excluding carboxylic acids is 2. The first-order valence-corrected chi connectivity index (χ1v) is 8.97. The summed E-state index contributed by atoms with van der Waals surface area (Å²) in [5.74, 6) is 0.811. The average molecular weight is 367 g/mol. The highest BCUT2D eigenvalue weighted by molar-refractivity contribution is 6.23. The van der Waals surface area contributed by atoms with Crippen LogP contribution in [0.4, 0.5) is 4.79 Å². The van der Waals surface area contributed by atoms with E-state index in [2.05, 4.69) is 24.0 Å². The molecule has 140 valence electrons. The van der Waals surface area contributed by atoms with Crippen molar-refractivity contribution in [3.05, 3.63) is 35.4 Å². The molecule has 1 aromatic rings. The van der Waals surface area contributed by atoms with Gasteiger partial charge in [-0.2, -0.15) is 0 Å². The van der Waals surface area contributed by atoms with Crippen LogP contribution in [0, 0.1) is 6.92 Å². The number of likely N-dealkylation sites (N-methyl/N-ethyl adjacent to an activating group) is 2. The molecule has 1 saturated heterocycles. The van der Waals surface area contributed by atoms with Crippen molar-refractivity contribution in [2.75, 3.05) is 14.1 Å². The number of benzene rings is 1. The van der Waals surface area contributed by atoms with Crippen LogP contribution in [0.1, 0.15) is 25.0 Å². The first-order chi connectivity index (χ1) is 12.8. The maximum absolute atomic E-state index is 12.9. The van der Waals surface area contributed by atoms with Gasteiger partial charge >= 0.3 is 12.0 Å². The van der Waals surface area contributed by atoms with Crippen LogP contribution >= 0.6 is 0 Å². The molecule has 1 fully saturated rings. The van der Waals surface area contributed by atoms with Gasteiger partial charge in [-0.1, -0.05) is 34.8 Å². The van der Waals surface area contributed by atoms with Crippen molar-refractivity contribution in [1.82, 2.24) is 14.8 Å². The molecule has 3 amide bonds. The molecule has 0 aliphatic carbocycles. The number of imide groups is 1. The first kappa shape index (κ1) is 17.4. The number of hydrogen-bond donors (Lipinski definition) is 0. The van der Waals surface area contributed by atoms with Crippen molar-refractivity contribution in [3.63, 3.8) is 0 Å². The summed E-state index contributed by atoms with van der Waals surface area (Å²) >= 11 is 0. The molecule has 1 aromatic carbocycles. The summed E-state index contributed by atoms with van der Waals surface area (Å²) in [6.07, 6.45) is 0. The highest BCUT2D eigenvalue weighted by Crippen LogP contribution is 2.25. The lowest BCUT2D eigenvalue weighted by atomic mass is 10.1. The molecule has 0 spiro atoms.